The fraction of sp³-hybridized carbons (Fsp3) is 1.00. The Bertz CT molecular complexity index is 123. The second-order valence-electron chi connectivity index (χ2n) is 4.29. The highest BCUT2D eigenvalue weighted by Crippen LogP contribution is 2.47. The molecule has 2 aliphatic rings. The topological polar surface area (TPSA) is 12.0 Å². The number of hydrogen-bond donors (Lipinski definition) is 1. The maximum Gasteiger partial charge on any atom is 0.00682 e. The molecule has 0 heterocycles. The summed E-state index contributed by atoms with van der Waals surface area (Å²) >= 11 is 0. The van der Waals surface area contributed by atoms with Crippen LogP contribution in [0.1, 0.15) is 39.0 Å². The lowest BCUT2D eigenvalue weighted by Crippen LogP contribution is -2.19. The minimum atomic E-state index is 0.752. The van der Waals surface area contributed by atoms with Crippen molar-refractivity contribution < 1.29 is 0 Å². The van der Waals surface area contributed by atoms with Gasteiger partial charge in [-0.05, 0) is 44.1 Å². The van der Waals surface area contributed by atoms with Gasteiger partial charge >= 0.3 is 0 Å². The van der Waals surface area contributed by atoms with Gasteiger partial charge in [0.1, 0.15) is 0 Å². The first kappa shape index (κ1) is 6.66. The van der Waals surface area contributed by atoms with Crippen molar-refractivity contribution in [3.05, 3.63) is 0 Å². The molecule has 0 radical (unpaired) electrons. The van der Waals surface area contributed by atoms with Crippen molar-refractivity contribution in [3.63, 3.8) is 0 Å². The van der Waals surface area contributed by atoms with E-state index in [0.717, 1.165) is 11.5 Å². The lowest BCUT2D eigenvalue weighted by molar-refractivity contribution is 0.485. The lowest BCUT2D eigenvalue weighted by atomic mass is 10.1. The second kappa shape index (κ2) is 2.23. The zero-order valence-corrected chi connectivity index (χ0v) is 6.82. The first-order valence-corrected chi connectivity index (χ1v) is 4.52. The van der Waals surface area contributed by atoms with E-state index in [4.69, 9.17) is 0 Å². The minimum Gasteiger partial charge on any atom is -0.314 e. The molecule has 58 valence electrons. The third-order valence-electron chi connectivity index (χ3n) is 2.84. The summed E-state index contributed by atoms with van der Waals surface area (Å²) in [5.74, 6) is 0. The summed E-state index contributed by atoms with van der Waals surface area (Å²) in [6.07, 6.45) is 7.20. The summed E-state index contributed by atoms with van der Waals surface area (Å²) in [7, 11) is 0. The van der Waals surface area contributed by atoms with Crippen molar-refractivity contribution in [2.45, 2.75) is 45.1 Å². The highest BCUT2D eigenvalue weighted by Gasteiger charge is 2.36. The summed E-state index contributed by atoms with van der Waals surface area (Å²) in [5.41, 5.74) is 0.752. The number of nitrogens with one attached hydrogen (secondary N) is 1. The van der Waals surface area contributed by atoms with Crippen molar-refractivity contribution in [1.82, 2.24) is 5.32 Å². The average Bonchev–Trinajstić information content (AvgIpc) is 2.70. The Labute approximate surface area is 63.2 Å². The van der Waals surface area contributed by atoms with Gasteiger partial charge in [0.2, 0.25) is 0 Å². The Morgan fingerprint density at radius 3 is 2.60 bits per heavy atom. The monoisotopic (exact) mass is 139 g/mol. The fourth-order valence-electron chi connectivity index (χ4n) is 1.33. The van der Waals surface area contributed by atoms with E-state index in [-0.39, 0.29) is 0 Å². The Kier molecular flexibility index (Phi) is 1.48. The molecular formula is C9H17N. The summed E-state index contributed by atoms with van der Waals surface area (Å²) < 4.78 is 0. The van der Waals surface area contributed by atoms with Crippen LogP contribution in [0.15, 0.2) is 0 Å². The third-order valence-corrected chi connectivity index (χ3v) is 2.84. The van der Waals surface area contributed by atoms with Crippen LogP contribution in [0.3, 0.4) is 0 Å². The molecule has 2 rings (SSSR count). The SMILES string of the molecule is CC1(CCNC2CC2)CC1. The van der Waals surface area contributed by atoms with Crippen LogP contribution in [0.5, 0.6) is 0 Å². The van der Waals surface area contributed by atoms with Crippen molar-refractivity contribution >= 4 is 0 Å². The third kappa shape index (κ3) is 1.72. The smallest absolute Gasteiger partial charge is 0.00682 e. The lowest BCUT2D eigenvalue weighted by Gasteiger charge is -2.07. The van der Waals surface area contributed by atoms with E-state index in [9.17, 15) is 0 Å². The molecule has 1 N–H and O–H groups in total. The van der Waals surface area contributed by atoms with Crippen LogP contribution in [-0.4, -0.2) is 12.6 Å². The molecule has 1 heteroatoms. The molecule has 0 amide bonds. The maximum absolute atomic E-state index is 3.55. The molecule has 2 saturated carbocycles. The van der Waals surface area contributed by atoms with E-state index in [0.29, 0.717) is 0 Å². The predicted octanol–water partition coefficient (Wildman–Crippen LogP) is 1.93. The van der Waals surface area contributed by atoms with Gasteiger partial charge in [0, 0.05) is 6.04 Å². The highest BCUT2D eigenvalue weighted by atomic mass is 14.9. The molecule has 0 aliphatic heterocycles. The van der Waals surface area contributed by atoms with E-state index >= 15 is 0 Å². The summed E-state index contributed by atoms with van der Waals surface area (Å²) in [5, 5.41) is 3.55. The molecule has 0 saturated heterocycles. The van der Waals surface area contributed by atoms with E-state index in [1.165, 1.54) is 38.6 Å². The fourth-order valence-corrected chi connectivity index (χ4v) is 1.33. The molecule has 2 fully saturated rings. The highest BCUT2D eigenvalue weighted by molar-refractivity contribution is 4.90. The Balaban J connectivity index is 1.54. The average molecular weight is 139 g/mol. The molecule has 0 spiro atoms. The molecule has 0 aromatic rings. The van der Waals surface area contributed by atoms with Crippen LogP contribution in [-0.2, 0) is 0 Å². The Morgan fingerprint density at radius 2 is 2.10 bits per heavy atom. The van der Waals surface area contributed by atoms with Gasteiger partial charge in [-0.1, -0.05) is 6.92 Å². The first-order chi connectivity index (χ1) is 4.79. The van der Waals surface area contributed by atoms with Crippen molar-refractivity contribution in [2.24, 2.45) is 5.41 Å². The normalized spacial score (nSPS) is 28.5. The van der Waals surface area contributed by atoms with Crippen LogP contribution < -0.4 is 5.32 Å². The molecule has 0 aromatic carbocycles. The van der Waals surface area contributed by atoms with Crippen LogP contribution in [0.2, 0.25) is 0 Å². The zero-order chi connectivity index (χ0) is 7.03. The standard InChI is InChI=1S/C9H17N/c1-9(4-5-9)6-7-10-8-2-3-8/h8,10H,2-7H2,1H3. The van der Waals surface area contributed by atoms with Crippen molar-refractivity contribution in [2.75, 3.05) is 6.54 Å². The molecule has 0 unspecified atom stereocenters. The van der Waals surface area contributed by atoms with Gasteiger partial charge in [-0.3, -0.25) is 0 Å². The number of rotatable bonds is 4. The van der Waals surface area contributed by atoms with Crippen LogP contribution in [0.4, 0.5) is 0 Å². The zero-order valence-electron chi connectivity index (χ0n) is 6.82. The summed E-state index contributed by atoms with van der Waals surface area (Å²) in [6, 6.07) is 0.905. The number of hydrogen-bond acceptors (Lipinski definition) is 1. The minimum absolute atomic E-state index is 0.752. The van der Waals surface area contributed by atoms with Crippen LogP contribution in [0.25, 0.3) is 0 Å². The second-order valence-corrected chi connectivity index (χ2v) is 4.29. The van der Waals surface area contributed by atoms with E-state index in [1.54, 1.807) is 0 Å². The van der Waals surface area contributed by atoms with Crippen molar-refractivity contribution in [3.8, 4) is 0 Å². The molecule has 10 heavy (non-hydrogen) atoms. The van der Waals surface area contributed by atoms with Gasteiger partial charge < -0.3 is 5.32 Å². The molecular weight excluding hydrogens is 122 g/mol. The van der Waals surface area contributed by atoms with Gasteiger partial charge in [0.25, 0.3) is 0 Å². The predicted molar refractivity (Wildman–Crippen MR) is 43.0 cm³/mol. The van der Waals surface area contributed by atoms with Crippen molar-refractivity contribution in [1.29, 1.82) is 0 Å². The molecule has 0 atom stereocenters. The van der Waals surface area contributed by atoms with Gasteiger partial charge in [0.05, 0.1) is 0 Å². The molecule has 2 aliphatic carbocycles. The van der Waals surface area contributed by atoms with E-state index in [1.807, 2.05) is 0 Å². The van der Waals surface area contributed by atoms with E-state index in [2.05, 4.69) is 12.2 Å². The largest absolute Gasteiger partial charge is 0.314 e. The first-order valence-electron chi connectivity index (χ1n) is 4.52. The quantitative estimate of drug-likeness (QED) is 0.627. The van der Waals surface area contributed by atoms with Crippen LogP contribution in [0, 0.1) is 5.41 Å². The van der Waals surface area contributed by atoms with Crippen LogP contribution >= 0.6 is 0 Å². The van der Waals surface area contributed by atoms with Gasteiger partial charge in [-0.2, -0.15) is 0 Å². The molecule has 0 aromatic heterocycles. The van der Waals surface area contributed by atoms with Gasteiger partial charge in [-0.25, -0.2) is 0 Å². The Morgan fingerprint density at radius 1 is 1.40 bits per heavy atom. The van der Waals surface area contributed by atoms with Gasteiger partial charge in [0.15, 0.2) is 0 Å². The molecule has 0 bridgehead atoms. The van der Waals surface area contributed by atoms with Gasteiger partial charge in [-0.15, -0.1) is 0 Å². The Hall–Kier alpha value is -0.0400. The summed E-state index contributed by atoms with van der Waals surface area (Å²) in [6.45, 7) is 3.67. The van der Waals surface area contributed by atoms with E-state index < -0.39 is 0 Å². The summed E-state index contributed by atoms with van der Waals surface area (Å²) in [4.78, 5) is 0. The maximum atomic E-state index is 3.55. The molecule has 1 nitrogen and oxygen atoms in total.